The Balaban J connectivity index is 1.61. The summed E-state index contributed by atoms with van der Waals surface area (Å²) in [6, 6.07) is 11.8. The number of hydrogen-bond acceptors (Lipinski definition) is 5. The highest BCUT2D eigenvalue weighted by molar-refractivity contribution is 7.89. The van der Waals surface area contributed by atoms with Gasteiger partial charge in [0.1, 0.15) is 10.7 Å². The van der Waals surface area contributed by atoms with Gasteiger partial charge in [0.2, 0.25) is 10.0 Å². The van der Waals surface area contributed by atoms with Crippen LogP contribution in [0.2, 0.25) is 0 Å². The van der Waals surface area contributed by atoms with Crippen molar-refractivity contribution in [2.45, 2.75) is 17.7 Å². The number of fused-ring (bicyclic) bond motifs is 1. The van der Waals surface area contributed by atoms with Gasteiger partial charge in [0.05, 0.1) is 13.2 Å². The molecule has 1 fully saturated rings. The van der Waals surface area contributed by atoms with Crippen molar-refractivity contribution in [3.63, 3.8) is 0 Å². The van der Waals surface area contributed by atoms with E-state index in [0.29, 0.717) is 26.3 Å². The number of pyridine rings is 1. The predicted octanol–water partition coefficient (Wildman–Crippen LogP) is 2.19. The molecule has 0 bridgehead atoms. The third-order valence-corrected chi connectivity index (χ3v) is 6.60. The highest BCUT2D eigenvalue weighted by Gasteiger charge is 2.27. The van der Waals surface area contributed by atoms with Gasteiger partial charge >= 0.3 is 0 Å². The van der Waals surface area contributed by atoms with Crippen LogP contribution >= 0.6 is 0 Å². The lowest BCUT2D eigenvalue weighted by Gasteiger charge is -2.30. The van der Waals surface area contributed by atoms with E-state index in [1.165, 1.54) is 16.1 Å². The molecule has 1 saturated heterocycles. The van der Waals surface area contributed by atoms with Crippen LogP contribution in [0.25, 0.3) is 0 Å². The second kappa shape index (κ2) is 6.74. The number of ether oxygens (including phenoxy) is 1. The van der Waals surface area contributed by atoms with Crippen LogP contribution in [0, 0.1) is 0 Å². The molecule has 1 aromatic carbocycles. The second-order valence-corrected chi connectivity index (χ2v) is 8.19. The molecule has 2 aliphatic rings. The lowest BCUT2D eigenvalue weighted by atomic mass is 10.0. The Kier molecular flexibility index (Phi) is 4.45. The number of hydrogen-bond donors (Lipinski definition) is 0. The molecule has 2 aliphatic heterocycles. The van der Waals surface area contributed by atoms with Crippen LogP contribution in [0.5, 0.6) is 0 Å². The molecule has 0 unspecified atom stereocenters. The van der Waals surface area contributed by atoms with E-state index in [4.69, 9.17) is 4.74 Å². The second-order valence-electron chi connectivity index (χ2n) is 6.25. The SMILES string of the molecule is O=S(=O)(c1ccc(N2CCCc3ccccc32)nc1)N1CCOCC1. The normalized spacial score (nSPS) is 18.8. The maximum absolute atomic E-state index is 12.7. The van der Waals surface area contributed by atoms with E-state index in [1.54, 1.807) is 12.1 Å². The third-order valence-electron chi connectivity index (χ3n) is 4.72. The molecule has 0 spiro atoms. The van der Waals surface area contributed by atoms with Gasteiger partial charge in [0, 0.05) is 31.5 Å². The monoisotopic (exact) mass is 359 g/mol. The van der Waals surface area contributed by atoms with Crippen molar-refractivity contribution in [1.29, 1.82) is 0 Å². The van der Waals surface area contributed by atoms with E-state index >= 15 is 0 Å². The topological polar surface area (TPSA) is 62.7 Å². The van der Waals surface area contributed by atoms with Gasteiger partial charge < -0.3 is 9.64 Å². The van der Waals surface area contributed by atoms with Gasteiger partial charge in [-0.15, -0.1) is 0 Å². The smallest absolute Gasteiger partial charge is 0.244 e. The average Bonchev–Trinajstić information content (AvgIpc) is 2.68. The number of aryl methyl sites for hydroxylation is 1. The van der Waals surface area contributed by atoms with Crippen molar-refractivity contribution in [1.82, 2.24) is 9.29 Å². The number of para-hydroxylation sites is 1. The molecule has 0 radical (unpaired) electrons. The Morgan fingerprint density at radius 1 is 1.00 bits per heavy atom. The molecule has 0 saturated carbocycles. The fourth-order valence-electron chi connectivity index (χ4n) is 3.39. The van der Waals surface area contributed by atoms with Crippen LogP contribution in [0.4, 0.5) is 11.5 Å². The van der Waals surface area contributed by atoms with Gasteiger partial charge in [-0.25, -0.2) is 13.4 Å². The molecule has 1 aromatic heterocycles. The van der Waals surface area contributed by atoms with E-state index < -0.39 is 10.0 Å². The molecule has 25 heavy (non-hydrogen) atoms. The summed E-state index contributed by atoms with van der Waals surface area (Å²) < 4.78 is 32.1. The third kappa shape index (κ3) is 3.15. The summed E-state index contributed by atoms with van der Waals surface area (Å²) in [5.41, 5.74) is 2.46. The molecule has 0 amide bonds. The summed E-state index contributed by atoms with van der Waals surface area (Å²) >= 11 is 0. The number of benzene rings is 1. The zero-order valence-corrected chi connectivity index (χ0v) is 14.8. The molecule has 2 aromatic rings. The molecule has 4 rings (SSSR count). The largest absolute Gasteiger partial charge is 0.379 e. The van der Waals surface area contributed by atoms with Crippen LogP contribution in [0.1, 0.15) is 12.0 Å². The van der Waals surface area contributed by atoms with Crippen LogP contribution in [-0.4, -0.2) is 50.6 Å². The Bertz CT molecular complexity index is 846. The number of anilines is 2. The molecule has 0 N–H and O–H groups in total. The Labute approximate surface area is 148 Å². The Morgan fingerprint density at radius 2 is 1.80 bits per heavy atom. The maximum atomic E-state index is 12.7. The first-order valence-electron chi connectivity index (χ1n) is 8.56. The molecular formula is C18H21N3O3S. The first-order chi connectivity index (χ1) is 12.2. The molecular weight excluding hydrogens is 338 g/mol. The Hall–Kier alpha value is -1.96. The highest BCUT2D eigenvalue weighted by Crippen LogP contribution is 2.32. The number of nitrogens with zero attached hydrogens (tertiary/aromatic N) is 3. The molecule has 6 nitrogen and oxygen atoms in total. The zero-order chi connectivity index (χ0) is 17.3. The number of sulfonamides is 1. The van der Waals surface area contributed by atoms with Crippen molar-refractivity contribution in [3.05, 3.63) is 48.2 Å². The van der Waals surface area contributed by atoms with Gasteiger partial charge in [-0.1, -0.05) is 18.2 Å². The lowest BCUT2D eigenvalue weighted by molar-refractivity contribution is 0.0730. The van der Waals surface area contributed by atoms with Gasteiger partial charge in [0.15, 0.2) is 0 Å². The molecule has 0 atom stereocenters. The van der Waals surface area contributed by atoms with Gasteiger partial charge in [-0.05, 0) is 36.6 Å². The van der Waals surface area contributed by atoms with Crippen LogP contribution in [0.3, 0.4) is 0 Å². The summed E-state index contributed by atoms with van der Waals surface area (Å²) in [4.78, 5) is 6.85. The number of morpholine rings is 1. The number of rotatable bonds is 3. The average molecular weight is 359 g/mol. The van der Waals surface area contributed by atoms with Crippen molar-refractivity contribution < 1.29 is 13.2 Å². The summed E-state index contributed by atoms with van der Waals surface area (Å²) in [5, 5.41) is 0. The van der Waals surface area contributed by atoms with E-state index in [0.717, 1.165) is 30.9 Å². The predicted molar refractivity (Wildman–Crippen MR) is 95.6 cm³/mol. The summed E-state index contributed by atoms with van der Waals surface area (Å²) in [5.74, 6) is 0.785. The maximum Gasteiger partial charge on any atom is 0.244 e. The van der Waals surface area contributed by atoms with E-state index in [9.17, 15) is 8.42 Å². The van der Waals surface area contributed by atoms with Crippen LogP contribution in [0.15, 0.2) is 47.5 Å². The fraction of sp³-hybridized carbons (Fsp3) is 0.389. The minimum Gasteiger partial charge on any atom is -0.379 e. The quantitative estimate of drug-likeness (QED) is 0.841. The van der Waals surface area contributed by atoms with Crippen molar-refractivity contribution in [2.24, 2.45) is 0 Å². The molecule has 132 valence electrons. The van der Waals surface area contributed by atoms with Gasteiger partial charge in [-0.3, -0.25) is 0 Å². The number of aromatic nitrogens is 1. The first-order valence-corrected chi connectivity index (χ1v) is 10.00. The van der Waals surface area contributed by atoms with Gasteiger partial charge in [0.25, 0.3) is 0 Å². The van der Waals surface area contributed by atoms with Crippen molar-refractivity contribution >= 4 is 21.5 Å². The van der Waals surface area contributed by atoms with E-state index in [1.807, 2.05) is 12.1 Å². The minimum atomic E-state index is -3.50. The zero-order valence-electron chi connectivity index (χ0n) is 14.0. The first kappa shape index (κ1) is 16.5. The molecule has 7 heteroatoms. The van der Waals surface area contributed by atoms with Crippen molar-refractivity contribution in [2.75, 3.05) is 37.7 Å². The Morgan fingerprint density at radius 3 is 2.56 bits per heavy atom. The van der Waals surface area contributed by atoms with Gasteiger partial charge in [-0.2, -0.15) is 4.31 Å². The summed E-state index contributed by atoms with van der Waals surface area (Å²) in [6.45, 7) is 2.55. The molecule has 0 aliphatic carbocycles. The molecule has 3 heterocycles. The van der Waals surface area contributed by atoms with Crippen molar-refractivity contribution in [3.8, 4) is 0 Å². The lowest BCUT2D eigenvalue weighted by Crippen LogP contribution is -2.40. The van der Waals surface area contributed by atoms with E-state index in [2.05, 4.69) is 22.0 Å². The summed E-state index contributed by atoms with van der Waals surface area (Å²) in [6.07, 6.45) is 3.60. The standard InChI is InChI=1S/C18H21N3O3S/c22-25(23,20-10-12-24-13-11-20)16-7-8-18(19-14-16)21-9-3-5-15-4-1-2-6-17(15)21/h1-2,4,6-8,14H,3,5,9-13H2. The highest BCUT2D eigenvalue weighted by atomic mass is 32.2. The van der Waals surface area contributed by atoms with Crippen LogP contribution < -0.4 is 4.90 Å². The van der Waals surface area contributed by atoms with E-state index in [-0.39, 0.29) is 4.90 Å². The minimum absolute atomic E-state index is 0.239. The fourth-order valence-corrected chi connectivity index (χ4v) is 4.75. The summed E-state index contributed by atoms with van der Waals surface area (Å²) in [7, 11) is -3.50. The van der Waals surface area contributed by atoms with Crippen LogP contribution in [-0.2, 0) is 21.2 Å².